The van der Waals surface area contributed by atoms with Crippen LogP contribution in [0.25, 0.3) is 0 Å². The number of cyclic esters (lactones) is 1. The molecule has 6 rings (SSSR count). The van der Waals surface area contributed by atoms with Crippen molar-refractivity contribution in [2.75, 3.05) is 0 Å². The molecule has 0 aromatic rings. The van der Waals surface area contributed by atoms with Crippen molar-refractivity contribution in [1.29, 1.82) is 0 Å². The van der Waals surface area contributed by atoms with E-state index in [0.717, 1.165) is 44.9 Å². The maximum atomic E-state index is 14.5. The molecule has 2 spiro atoms. The number of aliphatic hydroxyl groups is 2. The summed E-state index contributed by atoms with van der Waals surface area (Å²) in [7, 11) is 0. The fourth-order valence-electron chi connectivity index (χ4n) is 11.7. The Morgan fingerprint density at radius 2 is 1.60 bits per heavy atom. The minimum absolute atomic E-state index is 0.0738. The van der Waals surface area contributed by atoms with Crippen LogP contribution in [0.15, 0.2) is 0 Å². The predicted molar refractivity (Wildman–Crippen MR) is 132 cm³/mol. The van der Waals surface area contributed by atoms with Crippen LogP contribution in [0, 0.1) is 50.7 Å². The van der Waals surface area contributed by atoms with E-state index >= 15 is 0 Å². The maximum Gasteiger partial charge on any atom is 0.313 e. The predicted octanol–water partition coefficient (Wildman–Crippen LogP) is 5.06. The number of esters is 1. The molecule has 196 valence electrons. The highest BCUT2D eigenvalue weighted by molar-refractivity contribution is 5.86. The zero-order valence-corrected chi connectivity index (χ0v) is 22.7. The zero-order chi connectivity index (χ0) is 25.4. The highest BCUT2D eigenvalue weighted by atomic mass is 16.6. The van der Waals surface area contributed by atoms with E-state index < -0.39 is 23.2 Å². The normalized spacial score (nSPS) is 54.7. The van der Waals surface area contributed by atoms with Gasteiger partial charge < -0.3 is 14.9 Å². The minimum Gasteiger partial charge on any atom is -0.459 e. The number of ketones is 1. The van der Waals surface area contributed by atoms with E-state index in [-0.39, 0.29) is 45.4 Å². The molecule has 1 saturated heterocycles. The molecule has 0 unspecified atom stereocenters. The molecule has 5 aliphatic carbocycles. The summed E-state index contributed by atoms with van der Waals surface area (Å²) in [5.74, 6) is 1.18. The van der Waals surface area contributed by atoms with Crippen LogP contribution in [-0.2, 0) is 14.3 Å². The first kappa shape index (κ1) is 24.4. The van der Waals surface area contributed by atoms with Crippen LogP contribution in [0.2, 0.25) is 0 Å². The minimum atomic E-state index is -1.09. The van der Waals surface area contributed by atoms with E-state index in [0.29, 0.717) is 31.0 Å². The number of aliphatic hydroxyl groups excluding tert-OH is 1. The molecule has 1 heterocycles. The van der Waals surface area contributed by atoms with Gasteiger partial charge in [-0.15, -0.1) is 0 Å². The monoisotopic (exact) mass is 486 g/mol. The van der Waals surface area contributed by atoms with Gasteiger partial charge in [0.15, 0.2) is 0 Å². The molecule has 5 saturated carbocycles. The quantitative estimate of drug-likeness (QED) is 0.506. The average molecular weight is 487 g/mol. The van der Waals surface area contributed by atoms with Gasteiger partial charge in [0.2, 0.25) is 0 Å². The fourth-order valence-corrected chi connectivity index (χ4v) is 11.7. The van der Waals surface area contributed by atoms with E-state index in [1.165, 1.54) is 0 Å². The largest absolute Gasteiger partial charge is 0.459 e. The molecule has 10 atom stereocenters. The van der Waals surface area contributed by atoms with Crippen molar-refractivity contribution in [2.45, 2.75) is 124 Å². The molecular weight excluding hydrogens is 440 g/mol. The number of hydrogen-bond acceptors (Lipinski definition) is 5. The average Bonchev–Trinajstić information content (AvgIpc) is 3.35. The lowest BCUT2D eigenvalue weighted by Gasteiger charge is -2.61. The molecule has 0 amide bonds. The molecule has 0 aromatic carbocycles. The maximum absolute atomic E-state index is 14.5. The van der Waals surface area contributed by atoms with Crippen LogP contribution >= 0.6 is 0 Å². The Bertz CT molecular complexity index is 964. The van der Waals surface area contributed by atoms with Gasteiger partial charge in [-0.3, -0.25) is 9.59 Å². The van der Waals surface area contributed by atoms with E-state index in [2.05, 4.69) is 27.7 Å². The SMILES string of the molecule is C[C@@H]1CC[C@@H](C(C)(C)O)OC(=O)[C@@]23C[C@@H](O)[C@H]1[C@@]2(C)CC[C@@]12C[C@@]14CCC(=O)C(C)(C)[C@@H]4CC[C@H]23. The van der Waals surface area contributed by atoms with Crippen molar-refractivity contribution in [2.24, 2.45) is 50.7 Å². The summed E-state index contributed by atoms with van der Waals surface area (Å²) in [6, 6.07) is 0. The van der Waals surface area contributed by atoms with E-state index in [4.69, 9.17) is 4.74 Å². The van der Waals surface area contributed by atoms with Crippen LogP contribution in [0.4, 0.5) is 0 Å². The number of carbonyl (C=O) groups excluding carboxylic acids is 2. The van der Waals surface area contributed by atoms with Gasteiger partial charge in [0, 0.05) is 11.8 Å². The van der Waals surface area contributed by atoms with Gasteiger partial charge >= 0.3 is 5.97 Å². The Labute approximate surface area is 210 Å². The molecule has 0 aromatic heterocycles. The van der Waals surface area contributed by atoms with Gasteiger partial charge in [-0.1, -0.05) is 27.7 Å². The van der Waals surface area contributed by atoms with E-state index in [1.54, 1.807) is 13.8 Å². The molecular formula is C30H46O5. The van der Waals surface area contributed by atoms with Gasteiger partial charge in [-0.05, 0) is 112 Å². The lowest BCUT2D eigenvalue weighted by Crippen LogP contribution is -2.61. The molecule has 1 aliphatic heterocycles. The van der Waals surface area contributed by atoms with E-state index in [1.807, 2.05) is 0 Å². The highest BCUT2D eigenvalue weighted by Crippen LogP contribution is 2.89. The second kappa shape index (κ2) is 6.92. The van der Waals surface area contributed by atoms with Crippen molar-refractivity contribution in [3.05, 3.63) is 0 Å². The topological polar surface area (TPSA) is 83.8 Å². The summed E-state index contributed by atoms with van der Waals surface area (Å²) < 4.78 is 6.34. The summed E-state index contributed by atoms with van der Waals surface area (Å²) in [5, 5.41) is 22.5. The fraction of sp³-hybridized carbons (Fsp3) is 0.933. The van der Waals surface area contributed by atoms with Gasteiger partial charge in [0.25, 0.3) is 0 Å². The van der Waals surface area contributed by atoms with Crippen molar-refractivity contribution in [1.82, 2.24) is 0 Å². The van der Waals surface area contributed by atoms with Crippen LogP contribution in [-0.4, -0.2) is 39.8 Å². The van der Waals surface area contributed by atoms with Crippen LogP contribution in [0.3, 0.4) is 0 Å². The number of Topliss-reactive ketones (excluding diaryl/α,β-unsaturated/α-hetero) is 1. The molecule has 0 radical (unpaired) electrons. The van der Waals surface area contributed by atoms with Crippen molar-refractivity contribution in [3.8, 4) is 0 Å². The Balaban J connectivity index is 1.48. The Morgan fingerprint density at radius 3 is 2.29 bits per heavy atom. The third-order valence-electron chi connectivity index (χ3n) is 13.2. The summed E-state index contributed by atoms with van der Waals surface area (Å²) in [4.78, 5) is 27.4. The number of ether oxygens (including phenoxy) is 1. The molecule has 6 aliphatic rings. The Kier molecular flexibility index (Phi) is 4.83. The first-order valence-corrected chi connectivity index (χ1v) is 14.3. The Morgan fingerprint density at radius 1 is 0.943 bits per heavy atom. The summed E-state index contributed by atoms with van der Waals surface area (Å²) in [5.41, 5.74) is -2.15. The lowest BCUT2D eigenvalue weighted by atomic mass is 9.41. The number of rotatable bonds is 1. The van der Waals surface area contributed by atoms with Crippen LogP contribution < -0.4 is 0 Å². The second-order valence-corrected chi connectivity index (χ2v) is 15.1. The lowest BCUT2D eigenvalue weighted by molar-refractivity contribution is -0.205. The summed E-state index contributed by atoms with van der Waals surface area (Å²) in [6.07, 6.45) is 7.68. The number of carbonyl (C=O) groups is 2. The van der Waals surface area contributed by atoms with Crippen molar-refractivity contribution in [3.63, 3.8) is 0 Å². The third kappa shape index (κ3) is 2.68. The van der Waals surface area contributed by atoms with Crippen molar-refractivity contribution < 1.29 is 24.5 Å². The van der Waals surface area contributed by atoms with E-state index in [9.17, 15) is 19.8 Å². The standard InChI is InChI=1S/C30H46O5/c1-17-7-10-22(26(4,5)34)35-24(33)30-15-18(31)23(17)27(30,6)13-14-29-16-28(29)12-11-21(32)25(2,3)19(28)8-9-20(29)30/h17-20,22-23,31,34H,7-16H2,1-6H3/t17-,18-,19+,20-,22+,23+,27-,28-,29+,30+/m1/s1. The molecule has 5 heteroatoms. The van der Waals surface area contributed by atoms with Crippen LogP contribution in [0.1, 0.15) is 106 Å². The van der Waals surface area contributed by atoms with Gasteiger partial charge in [-0.2, -0.15) is 0 Å². The molecule has 35 heavy (non-hydrogen) atoms. The molecule has 6 fully saturated rings. The number of hydrogen-bond donors (Lipinski definition) is 2. The summed E-state index contributed by atoms with van der Waals surface area (Å²) >= 11 is 0. The van der Waals surface area contributed by atoms with Gasteiger partial charge in [0.05, 0.1) is 17.1 Å². The smallest absolute Gasteiger partial charge is 0.313 e. The second-order valence-electron chi connectivity index (χ2n) is 15.1. The zero-order valence-electron chi connectivity index (χ0n) is 22.7. The first-order chi connectivity index (χ1) is 16.2. The Hall–Kier alpha value is -0.940. The first-order valence-electron chi connectivity index (χ1n) is 14.3. The molecule has 2 N–H and O–H groups in total. The van der Waals surface area contributed by atoms with Gasteiger partial charge in [-0.25, -0.2) is 0 Å². The van der Waals surface area contributed by atoms with Crippen molar-refractivity contribution >= 4 is 11.8 Å². The van der Waals surface area contributed by atoms with Crippen LogP contribution in [0.5, 0.6) is 0 Å². The highest BCUT2D eigenvalue weighted by Gasteiger charge is 2.85. The molecule has 2 bridgehead atoms. The van der Waals surface area contributed by atoms with Gasteiger partial charge in [0.1, 0.15) is 11.9 Å². The summed E-state index contributed by atoms with van der Waals surface area (Å²) in [6.45, 7) is 12.4. The molecule has 5 nitrogen and oxygen atoms in total. The third-order valence-corrected chi connectivity index (χ3v) is 13.2.